The minimum Gasteiger partial charge on any atom is -0.457 e. The Balaban J connectivity index is 1.21. The molecule has 0 saturated carbocycles. The van der Waals surface area contributed by atoms with Crippen LogP contribution in [0.3, 0.4) is 0 Å². The predicted octanol–water partition coefficient (Wildman–Crippen LogP) is 4.58. The molecule has 11 heteroatoms. The molecule has 4 amide bonds. The average molecular weight is 569 g/mol. The van der Waals surface area contributed by atoms with Crippen molar-refractivity contribution in [2.24, 2.45) is 0 Å². The Hall–Kier alpha value is -4.56. The number of nitrogens with one attached hydrogen (secondary N) is 2. The van der Waals surface area contributed by atoms with E-state index < -0.39 is 11.3 Å². The Labute approximate surface area is 241 Å². The van der Waals surface area contributed by atoms with E-state index >= 15 is 0 Å². The summed E-state index contributed by atoms with van der Waals surface area (Å²) in [4.78, 5) is 47.0. The van der Waals surface area contributed by atoms with Crippen LogP contribution in [0.15, 0.2) is 65.8 Å². The van der Waals surface area contributed by atoms with Gasteiger partial charge in [0.25, 0.3) is 0 Å². The summed E-state index contributed by atoms with van der Waals surface area (Å²) < 4.78 is 5.97. The van der Waals surface area contributed by atoms with Gasteiger partial charge in [-0.3, -0.25) is 14.5 Å². The van der Waals surface area contributed by atoms with E-state index in [1.54, 1.807) is 22.1 Å². The van der Waals surface area contributed by atoms with Crippen molar-refractivity contribution >= 4 is 41.0 Å². The summed E-state index contributed by atoms with van der Waals surface area (Å²) in [7, 11) is 0. The summed E-state index contributed by atoms with van der Waals surface area (Å²) in [6.45, 7) is 2.87. The molecule has 0 spiro atoms. The zero-order valence-corrected chi connectivity index (χ0v) is 23.2. The zero-order chi connectivity index (χ0) is 28.5. The number of piperidine rings is 1. The zero-order valence-electron chi connectivity index (χ0n) is 22.4. The lowest BCUT2D eigenvalue weighted by atomic mass is 9.98. The summed E-state index contributed by atoms with van der Waals surface area (Å²) in [5.41, 5.74) is 3.07. The fourth-order valence-electron chi connectivity index (χ4n) is 5.62. The van der Waals surface area contributed by atoms with Crippen molar-refractivity contribution in [1.82, 2.24) is 20.5 Å². The fourth-order valence-corrected chi connectivity index (χ4v) is 6.85. The number of likely N-dealkylation sites (tertiary alicyclic amines) is 1. The summed E-state index contributed by atoms with van der Waals surface area (Å²) in [6, 6.07) is 17.7. The average Bonchev–Trinajstić information content (AvgIpc) is 3.34. The fraction of sp³-hybridized carbons (Fsp3) is 0.300. The van der Waals surface area contributed by atoms with Gasteiger partial charge in [-0.15, -0.1) is 0 Å². The minimum absolute atomic E-state index is 0.171. The number of thioether (sulfide) groups is 1. The molecule has 3 aliphatic rings. The SMILES string of the molecule is Cc1cc(Oc2ccccc2)ccc1N1C(=O)NC2c3c1ccnc3S[C@H]2C(=O)NC1CCCN(C(=O)CC#N)C1. The molecule has 1 saturated heterocycles. The van der Waals surface area contributed by atoms with Crippen molar-refractivity contribution in [2.45, 2.75) is 48.5 Å². The van der Waals surface area contributed by atoms with Crippen LogP contribution in [0.2, 0.25) is 0 Å². The number of urea groups is 1. The molecule has 1 fully saturated rings. The first-order valence-electron chi connectivity index (χ1n) is 13.5. The van der Waals surface area contributed by atoms with Crippen LogP contribution in [0, 0.1) is 18.3 Å². The lowest BCUT2D eigenvalue weighted by molar-refractivity contribution is -0.132. The van der Waals surface area contributed by atoms with Gasteiger partial charge in [0.05, 0.1) is 23.5 Å². The Kier molecular flexibility index (Phi) is 7.24. The van der Waals surface area contributed by atoms with Gasteiger partial charge in [-0.25, -0.2) is 9.78 Å². The molecular formula is C30H28N6O4S. The van der Waals surface area contributed by atoms with Crippen molar-refractivity contribution in [3.05, 3.63) is 71.9 Å². The highest BCUT2D eigenvalue weighted by molar-refractivity contribution is 8.01. The molecule has 4 heterocycles. The molecule has 3 aromatic rings. The van der Waals surface area contributed by atoms with Crippen LogP contribution < -0.4 is 20.3 Å². The van der Waals surface area contributed by atoms with Crippen molar-refractivity contribution in [1.29, 1.82) is 5.26 Å². The van der Waals surface area contributed by atoms with Gasteiger partial charge in [0, 0.05) is 30.9 Å². The predicted molar refractivity (Wildman–Crippen MR) is 153 cm³/mol. The van der Waals surface area contributed by atoms with E-state index in [1.165, 1.54) is 11.8 Å². The molecule has 3 aliphatic heterocycles. The van der Waals surface area contributed by atoms with Crippen LogP contribution in [0.4, 0.5) is 16.2 Å². The first-order chi connectivity index (χ1) is 19.9. The number of para-hydroxylation sites is 1. The Morgan fingerprint density at radius 1 is 1.17 bits per heavy atom. The van der Waals surface area contributed by atoms with Gasteiger partial charge in [0.15, 0.2) is 0 Å². The quantitative estimate of drug-likeness (QED) is 0.446. The molecule has 0 bridgehead atoms. The molecule has 2 unspecified atom stereocenters. The number of anilines is 2. The number of benzene rings is 2. The number of amides is 4. The van der Waals surface area contributed by atoms with E-state index in [2.05, 4.69) is 15.6 Å². The summed E-state index contributed by atoms with van der Waals surface area (Å²) in [5, 5.41) is 15.1. The van der Waals surface area contributed by atoms with Crippen molar-refractivity contribution in [2.75, 3.05) is 18.0 Å². The van der Waals surface area contributed by atoms with Crippen molar-refractivity contribution in [3.8, 4) is 17.6 Å². The van der Waals surface area contributed by atoms with Gasteiger partial charge in [0.1, 0.15) is 28.2 Å². The van der Waals surface area contributed by atoms with E-state index in [-0.39, 0.29) is 30.3 Å². The third kappa shape index (κ3) is 5.18. The molecule has 1 aromatic heterocycles. The van der Waals surface area contributed by atoms with Gasteiger partial charge >= 0.3 is 6.03 Å². The monoisotopic (exact) mass is 568 g/mol. The highest BCUT2D eigenvalue weighted by atomic mass is 32.2. The number of hydrogen-bond acceptors (Lipinski definition) is 7. The van der Waals surface area contributed by atoms with Gasteiger partial charge in [0.2, 0.25) is 11.8 Å². The number of pyridine rings is 1. The number of rotatable bonds is 6. The maximum Gasteiger partial charge on any atom is 0.327 e. The van der Waals surface area contributed by atoms with Crippen LogP contribution >= 0.6 is 11.8 Å². The lowest BCUT2D eigenvalue weighted by Gasteiger charge is -2.36. The number of carbonyl (C=O) groups is 3. The molecule has 10 nitrogen and oxygen atoms in total. The summed E-state index contributed by atoms with van der Waals surface area (Å²) in [6.07, 6.45) is 2.97. The number of aromatic nitrogens is 1. The normalized spacial score (nSPS) is 21.0. The number of hydrogen-bond donors (Lipinski definition) is 2. The molecule has 41 heavy (non-hydrogen) atoms. The maximum absolute atomic E-state index is 13.6. The number of nitrogens with zero attached hydrogens (tertiary/aromatic N) is 4. The van der Waals surface area contributed by atoms with Crippen LogP contribution in [-0.2, 0) is 9.59 Å². The maximum atomic E-state index is 13.6. The van der Waals surface area contributed by atoms with Gasteiger partial charge < -0.3 is 20.3 Å². The topological polar surface area (TPSA) is 128 Å². The van der Waals surface area contributed by atoms with E-state index in [0.29, 0.717) is 35.2 Å². The van der Waals surface area contributed by atoms with E-state index in [4.69, 9.17) is 10.00 Å². The molecule has 3 atom stereocenters. The Morgan fingerprint density at radius 2 is 2.00 bits per heavy atom. The molecule has 0 aliphatic carbocycles. The molecule has 2 aromatic carbocycles. The highest BCUT2D eigenvalue weighted by Crippen LogP contribution is 2.51. The van der Waals surface area contributed by atoms with Crippen molar-refractivity contribution < 1.29 is 19.1 Å². The smallest absolute Gasteiger partial charge is 0.327 e. The van der Waals surface area contributed by atoms with Crippen LogP contribution in [-0.4, -0.2) is 52.1 Å². The molecule has 2 N–H and O–H groups in total. The Morgan fingerprint density at radius 3 is 2.78 bits per heavy atom. The Bertz CT molecular complexity index is 1560. The lowest BCUT2D eigenvalue weighted by Crippen LogP contribution is -2.53. The first-order valence-corrected chi connectivity index (χ1v) is 14.4. The van der Waals surface area contributed by atoms with Crippen LogP contribution in [0.5, 0.6) is 11.5 Å². The van der Waals surface area contributed by atoms with E-state index in [9.17, 15) is 14.4 Å². The van der Waals surface area contributed by atoms with Gasteiger partial charge in [-0.1, -0.05) is 30.0 Å². The summed E-state index contributed by atoms with van der Waals surface area (Å²) >= 11 is 1.33. The number of nitriles is 1. The second-order valence-electron chi connectivity index (χ2n) is 10.2. The van der Waals surface area contributed by atoms with Gasteiger partial charge in [-0.2, -0.15) is 5.26 Å². The third-order valence-corrected chi connectivity index (χ3v) is 8.79. The molecule has 0 radical (unpaired) electrons. The second-order valence-corrected chi connectivity index (χ2v) is 11.4. The third-order valence-electron chi connectivity index (χ3n) is 7.50. The van der Waals surface area contributed by atoms with Crippen LogP contribution in [0.25, 0.3) is 0 Å². The van der Waals surface area contributed by atoms with Gasteiger partial charge in [-0.05, 0) is 61.7 Å². The van der Waals surface area contributed by atoms with E-state index in [1.807, 2.05) is 61.5 Å². The van der Waals surface area contributed by atoms with Crippen molar-refractivity contribution in [3.63, 3.8) is 0 Å². The summed E-state index contributed by atoms with van der Waals surface area (Å²) in [5.74, 6) is 0.949. The molecule has 208 valence electrons. The second kappa shape index (κ2) is 11.1. The standard InChI is InChI=1S/C30H28N6O4S/c1-18-16-21(40-20-7-3-2-4-8-20)9-10-22(18)36-23-12-14-32-29-25(23)26(34-30(36)39)27(41-29)28(38)33-19-6-5-15-35(17-19)24(37)11-13-31/h2-4,7-10,12,14,16,19,26-27H,5-6,11,15,17H2,1H3,(H,33,38)(H,34,39)/t19?,26?,27-/m1/s1. The highest BCUT2D eigenvalue weighted by Gasteiger charge is 2.47. The number of carbonyl (C=O) groups excluding carboxylic acids is 3. The molecule has 6 rings (SSSR count). The minimum atomic E-state index is -0.599. The molecular weight excluding hydrogens is 540 g/mol. The first kappa shape index (κ1) is 26.7. The largest absolute Gasteiger partial charge is 0.457 e. The number of ether oxygens (including phenoxy) is 1. The van der Waals surface area contributed by atoms with E-state index in [0.717, 1.165) is 29.7 Å². The van der Waals surface area contributed by atoms with Crippen LogP contribution in [0.1, 0.15) is 36.4 Å². The number of aryl methyl sites for hydroxylation is 1.